The molecule has 2 heterocycles. The number of hydrogen-bond donors (Lipinski definition) is 0. The zero-order chi connectivity index (χ0) is 21.8. The first-order chi connectivity index (χ1) is 14.8. The summed E-state index contributed by atoms with van der Waals surface area (Å²) in [5.74, 6) is 0. The van der Waals surface area contributed by atoms with Crippen LogP contribution in [0.5, 0.6) is 0 Å². The predicted molar refractivity (Wildman–Crippen MR) is 133 cm³/mol. The molecule has 0 spiro atoms. The van der Waals surface area contributed by atoms with Gasteiger partial charge in [-0.3, -0.25) is 0 Å². The van der Waals surface area contributed by atoms with Crippen molar-refractivity contribution in [3.8, 4) is 22.4 Å². The molecule has 3 heteroatoms. The third-order valence-corrected chi connectivity index (χ3v) is 8.31. The first-order valence-electron chi connectivity index (χ1n) is 10.8. The molecule has 0 aliphatic carbocycles. The van der Waals surface area contributed by atoms with Crippen molar-refractivity contribution in [1.29, 1.82) is 0 Å². The molecule has 2 nitrogen and oxygen atoms in total. The topological polar surface area (TPSA) is 17.0 Å². The molecule has 0 amide bonds. The highest BCUT2D eigenvalue weighted by molar-refractivity contribution is 6.88. The Morgan fingerprint density at radius 2 is 1.48 bits per heavy atom. The van der Waals surface area contributed by atoms with Crippen LogP contribution in [0.3, 0.4) is 0 Å². The van der Waals surface area contributed by atoms with Gasteiger partial charge in [-0.15, -0.1) is 0 Å². The molecule has 0 fully saturated rings. The van der Waals surface area contributed by atoms with Crippen LogP contribution < -0.4 is 9.75 Å². The van der Waals surface area contributed by atoms with E-state index in [0.717, 1.165) is 27.8 Å². The second-order valence-electron chi connectivity index (χ2n) is 9.47. The van der Waals surface area contributed by atoms with Crippen LogP contribution in [0.1, 0.15) is 5.56 Å². The Kier molecular flexibility index (Phi) is 4.60. The maximum absolute atomic E-state index is 6.51. The van der Waals surface area contributed by atoms with Gasteiger partial charge in [-0.25, -0.2) is 4.57 Å². The molecular formula is C28H28NOSi+. The van der Waals surface area contributed by atoms with Gasteiger partial charge in [0, 0.05) is 22.9 Å². The van der Waals surface area contributed by atoms with Crippen LogP contribution in [-0.2, 0) is 7.05 Å². The summed E-state index contributed by atoms with van der Waals surface area (Å²) in [5, 5.41) is 3.81. The van der Waals surface area contributed by atoms with Crippen molar-refractivity contribution >= 4 is 35.2 Å². The van der Waals surface area contributed by atoms with Gasteiger partial charge in [-0.05, 0) is 41.8 Å². The maximum Gasteiger partial charge on any atom is 0.216 e. The van der Waals surface area contributed by atoms with Crippen molar-refractivity contribution in [2.45, 2.75) is 26.6 Å². The molecule has 154 valence electrons. The molecule has 0 saturated carbocycles. The molecule has 0 radical (unpaired) electrons. The standard InChI is InChI=1S/C28H28NOSi/c1-19-9-15-24-23-16-12-21(20-10-13-22(14-11-20)31(3,4)5)18-26(23)30-28(24)27(19)25-8-6-7-17-29(25)2/h6-18H,1-5H3/q+1. The number of pyridine rings is 1. The van der Waals surface area contributed by atoms with Gasteiger partial charge in [0.15, 0.2) is 6.20 Å². The van der Waals surface area contributed by atoms with E-state index >= 15 is 0 Å². The fourth-order valence-corrected chi connectivity index (χ4v) is 5.55. The summed E-state index contributed by atoms with van der Waals surface area (Å²) in [7, 11) is 0.790. The average Bonchev–Trinajstić information content (AvgIpc) is 3.11. The lowest BCUT2D eigenvalue weighted by Crippen LogP contribution is -2.37. The van der Waals surface area contributed by atoms with Gasteiger partial charge in [0.2, 0.25) is 5.69 Å². The van der Waals surface area contributed by atoms with Crippen molar-refractivity contribution < 1.29 is 8.98 Å². The van der Waals surface area contributed by atoms with E-state index in [4.69, 9.17) is 4.42 Å². The van der Waals surface area contributed by atoms with Gasteiger partial charge in [0.05, 0.1) is 13.6 Å². The third kappa shape index (κ3) is 3.39. The van der Waals surface area contributed by atoms with Gasteiger partial charge in [-0.1, -0.05) is 67.3 Å². The molecule has 0 N–H and O–H groups in total. The first kappa shape index (κ1) is 19.8. The van der Waals surface area contributed by atoms with Crippen molar-refractivity contribution in [3.05, 3.63) is 84.6 Å². The van der Waals surface area contributed by atoms with Gasteiger partial charge in [-0.2, -0.15) is 0 Å². The molecule has 0 unspecified atom stereocenters. The Labute approximate surface area is 184 Å². The molecule has 0 bridgehead atoms. The maximum atomic E-state index is 6.51. The molecule has 0 atom stereocenters. The van der Waals surface area contributed by atoms with E-state index in [9.17, 15) is 0 Å². The number of aryl methyl sites for hydroxylation is 2. The monoisotopic (exact) mass is 422 g/mol. The molecular weight excluding hydrogens is 394 g/mol. The largest absolute Gasteiger partial charge is 0.455 e. The van der Waals surface area contributed by atoms with Crippen molar-refractivity contribution in [2.75, 3.05) is 0 Å². The quantitative estimate of drug-likeness (QED) is 0.236. The summed E-state index contributed by atoms with van der Waals surface area (Å²) in [4.78, 5) is 0. The van der Waals surface area contributed by atoms with Gasteiger partial charge in [0.25, 0.3) is 0 Å². The lowest BCUT2D eigenvalue weighted by atomic mass is 9.99. The second-order valence-corrected chi connectivity index (χ2v) is 14.5. The number of benzene rings is 3. The van der Waals surface area contributed by atoms with Crippen LogP contribution in [0, 0.1) is 6.92 Å². The van der Waals surface area contributed by atoms with Crippen LogP contribution in [0.2, 0.25) is 19.6 Å². The highest BCUT2D eigenvalue weighted by atomic mass is 28.3. The lowest BCUT2D eigenvalue weighted by molar-refractivity contribution is -0.660. The van der Waals surface area contributed by atoms with E-state index in [1.54, 1.807) is 0 Å². The number of rotatable bonds is 3. The van der Waals surface area contributed by atoms with E-state index in [1.807, 2.05) is 0 Å². The number of aromatic nitrogens is 1. The van der Waals surface area contributed by atoms with Gasteiger partial charge < -0.3 is 4.42 Å². The van der Waals surface area contributed by atoms with E-state index in [-0.39, 0.29) is 0 Å². The zero-order valence-electron chi connectivity index (χ0n) is 18.9. The Balaban J connectivity index is 1.68. The van der Waals surface area contributed by atoms with E-state index in [2.05, 4.69) is 117 Å². The Morgan fingerprint density at radius 3 is 2.19 bits per heavy atom. The van der Waals surface area contributed by atoms with Gasteiger partial charge >= 0.3 is 0 Å². The predicted octanol–water partition coefficient (Wildman–Crippen LogP) is 6.60. The highest BCUT2D eigenvalue weighted by Crippen LogP contribution is 2.38. The first-order valence-corrected chi connectivity index (χ1v) is 14.3. The normalized spacial score (nSPS) is 12.0. The average molecular weight is 423 g/mol. The zero-order valence-corrected chi connectivity index (χ0v) is 19.9. The van der Waals surface area contributed by atoms with Crippen LogP contribution in [0.25, 0.3) is 44.3 Å². The fraction of sp³-hybridized carbons (Fsp3) is 0.179. The molecule has 0 aliphatic heterocycles. The molecule has 5 aromatic rings. The fourth-order valence-electron chi connectivity index (χ4n) is 4.38. The molecule has 0 aliphatic rings. The Morgan fingerprint density at radius 1 is 0.774 bits per heavy atom. The van der Waals surface area contributed by atoms with E-state index in [1.165, 1.54) is 27.3 Å². The minimum atomic E-state index is -1.29. The number of furan rings is 1. The second kappa shape index (κ2) is 7.21. The molecule has 31 heavy (non-hydrogen) atoms. The SMILES string of the molecule is Cc1ccc2c(oc3cc(-c4ccc([Si](C)(C)C)cc4)ccc32)c1-c1cccc[n+]1C. The summed E-state index contributed by atoms with van der Waals surface area (Å²) in [5.41, 5.74) is 7.86. The van der Waals surface area contributed by atoms with Crippen LogP contribution in [0.15, 0.2) is 83.4 Å². The lowest BCUT2D eigenvalue weighted by Gasteiger charge is -2.16. The Bertz CT molecular complexity index is 1420. The van der Waals surface area contributed by atoms with Crippen molar-refractivity contribution in [2.24, 2.45) is 7.05 Å². The minimum Gasteiger partial charge on any atom is -0.455 e. The number of nitrogens with zero attached hydrogens (tertiary/aromatic N) is 1. The number of hydrogen-bond acceptors (Lipinski definition) is 1. The summed E-state index contributed by atoms with van der Waals surface area (Å²) >= 11 is 0. The third-order valence-electron chi connectivity index (χ3n) is 6.25. The van der Waals surface area contributed by atoms with Crippen LogP contribution in [0.4, 0.5) is 0 Å². The Hall–Kier alpha value is -3.17. The van der Waals surface area contributed by atoms with Crippen molar-refractivity contribution in [1.82, 2.24) is 0 Å². The van der Waals surface area contributed by atoms with Crippen molar-refractivity contribution in [3.63, 3.8) is 0 Å². The minimum absolute atomic E-state index is 0.937. The summed E-state index contributed by atoms with van der Waals surface area (Å²) in [6.07, 6.45) is 2.08. The molecule has 3 aromatic carbocycles. The summed E-state index contributed by atoms with van der Waals surface area (Å²) in [6.45, 7) is 9.30. The van der Waals surface area contributed by atoms with Crippen LogP contribution in [-0.4, -0.2) is 8.07 Å². The van der Waals surface area contributed by atoms with E-state index < -0.39 is 8.07 Å². The molecule has 2 aromatic heterocycles. The smallest absolute Gasteiger partial charge is 0.216 e. The molecule has 0 saturated heterocycles. The van der Waals surface area contributed by atoms with E-state index in [0.29, 0.717) is 0 Å². The summed E-state index contributed by atoms with van der Waals surface area (Å²) in [6, 6.07) is 26.3. The highest BCUT2D eigenvalue weighted by Gasteiger charge is 2.20. The molecule has 5 rings (SSSR count). The van der Waals surface area contributed by atoms with Crippen LogP contribution >= 0.6 is 0 Å². The number of fused-ring (bicyclic) bond motifs is 3. The van der Waals surface area contributed by atoms with Gasteiger partial charge in [0.1, 0.15) is 18.2 Å². The summed E-state index contributed by atoms with van der Waals surface area (Å²) < 4.78 is 8.66.